The first-order valence-corrected chi connectivity index (χ1v) is 12.0. The molecule has 3 aromatic carbocycles. The molecule has 0 spiro atoms. The number of hydrogen-bond donors (Lipinski definition) is 3. The van der Waals surface area contributed by atoms with Crippen LogP contribution in [0.3, 0.4) is 0 Å². The lowest BCUT2D eigenvalue weighted by atomic mass is 9.82. The van der Waals surface area contributed by atoms with E-state index in [1.54, 1.807) is 14.2 Å². The van der Waals surface area contributed by atoms with E-state index in [9.17, 15) is 0 Å². The summed E-state index contributed by atoms with van der Waals surface area (Å²) in [6.45, 7) is 2.84. The molecule has 0 radical (unpaired) electrons. The highest BCUT2D eigenvalue weighted by atomic mass is 127. The number of aryl methyl sites for hydroxylation is 1. The van der Waals surface area contributed by atoms with Gasteiger partial charge in [-0.05, 0) is 88.5 Å². The van der Waals surface area contributed by atoms with Gasteiger partial charge in [0.25, 0.3) is 0 Å². The number of ether oxygens (including phenoxy) is 3. The number of halogens is 1. The molecular formula is C26H32IN3O3. The van der Waals surface area contributed by atoms with Crippen LogP contribution in [0.15, 0.2) is 66.7 Å². The van der Waals surface area contributed by atoms with E-state index in [0.717, 1.165) is 45.8 Å². The molecule has 6 nitrogen and oxygen atoms in total. The van der Waals surface area contributed by atoms with Gasteiger partial charge in [-0.2, -0.15) is 0 Å². The molecule has 33 heavy (non-hydrogen) atoms. The third kappa shape index (κ3) is 6.68. The molecule has 3 rings (SSSR count). The Balaban J connectivity index is 2.10. The Labute approximate surface area is 209 Å². The normalized spacial score (nSPS) is 13.9. The highest BCUT2D eigenvalue weighted by Gasteiger charge is 2.32. The smallest absolute Gasteiger partial charge is 0.158 e. The molecule has 0 saturated carbocycles. The van der Waals surface area contributed by atoms with Gasteiger partial charge in [0, 0.05) is 18.5 Å². The number of nitrogens with two attached hydrogens (primary N) is 2. The van der Waals surface area contributed by atoms with Crippen LogP contribution in [0, 0.1) is 6.92 Å². The van der Waals surface area contributed by atoms with Crippen LogP contribution in [-0.2, 0) is 21.4 Å². The number of alkyl halides is 1. The zero-order valence-electron chi connectivity index (χ0n) is 19.3. The fourth-order valence-electron chi connectivity index (χ4n) is 3.77. The van der Waals surface area contributed by atoms with Crippen LogP contribution in [0.2, 0.25) is 0 Å². The van der Waals surface area contributed by atoms with Crippen LogP contribution in [0.1, 0.15) is 22.3 Å². The molecule has 0 aliphatic carbocycles. The van der Waals surface area contributed by atoms with Crippen LogP contribution in [0.5, 0.6) is 5.75 Å². The van der Waals surface area contributed by atoms with Crippen molar-refractivity contribution in [3.8, 4) is 5.75 Å². The molecule has 0 saturated heterocycles. The molecule has 0 amide bonds. The zero-order chi connectivity index (χ0) is 23.8. The summed E-state index contributed by atoms with van der Waals surface area (Å²) in [4.78, 5) is 0. The van der Waals surface area contributed by atoms with Gasteiger partial charge in [-0.15, -0.1) is 0 Å². The van der Waals surface area contributed by atoms with Gasteiger partial charge < -0.3 is 25.3 Å². The Morgan fingerprint density at radius 3 is 2.36 bits per heavy atom. The van der Waals surface area contributed by atoms with Crippen molar-refractivity contribution in [1.29, 1.82) is 0 Å². The molecule has 2 unspecified atom stereocenters. The predicted octanol–water partition coefficient (Wildman–Crippen LogP) is 4.83. The number of nitrogens with one attached hydrogen (secondary N) is 1. The lowest BCUT2D eigenvalue weighted by Gasteiger charge is -2.32. The Morgan fingerprint density at radius 1 is 0.970 bits per heavy atom. The predicted molar refractivity (Wildman–Crippen MR) is 142 cm³/mol. The minimum absolute atomic E-state index is 0.224. The highest BCUT2D eigenvalue weighted by Crippen LogP contribution is 2.34. The summed E-state index contributed by atoms with van der Waals surface area (Å²) in [5.41, 5.74) is 18.0. The molecule has 7 heteroatoms. The summed E-state index contributed by atoms with van der Waals surface area (Å²) in [7, 11) is 3.37. The molecule has 0 aliphatic rings. The molecule has 3 aromatic rings. The second-order valence-corrected chi connectivity index (χ2v) is 9.20. The van der Waals surface area contributed by atoms with Crippen molar-refractivity contribution in [2.45, 2.75) is 23.1 Å². The van der Waals surface area contributed by atoms with E-state index in [1.165, 1.54) is 0 Å². The molecule has 5 N–H and O–H groups in total. The molecule has 0 aliphatic heterocycles. The molecule has 176 valence electrons. The van der Waals surface area contributed by atoms with Gasteiger partial charge in [0.2, 0.25) is 0 Å². The van der Waals surface area contributed by atoms with Gasteiger partial charge in [0.1, 0.15) is 5.75 Å². The van der Waals surface area contributed by atoms with Crippen molar-refractivity contribution in [1.82, 2.24) is 0 Å². The minimum atomic E-state index is -0.921. The van der Waals surface area contributed by atoms with E-state index in [-0.39, 0.29) is 6.61 Å². The quantitative estimate of drug-likeness (QED) is 0.135. The van der Waals surface area contributed by atoms with Crippen molar-refractivity contribution >= 4 is 34.0 Å². The molecule has 0 bridgehead atoms. The van der Waals surface area contributed by atoms with Gasteiger partial charge in [-0.3, -0.25) is 5.73 Å². The fraction of sp³-hybridized carbons (Fsp3) is 0.308. The Hall–Kier alpha value is -2.17. The average Bonchev–Trinajstić information content (AvgIpc) is 2.81. The summed E-state index contributed by atoms with van der Waals surface area (Å²) in [5, 5.41) is 3.50. The Kier molecular flexibility index (Phi) is 9.10. The van der Waals surface area contributed by atoms with Crippen molar-refractivity contribution < 1.29 is 14.2 Å². The van der Waals surface area contributed by atoms with Gasteiger partial charge >= 0.3 is 0 Å². The van der Waals surface area contributed by atoms with Crippen LogP contribution >= 0.6 is 22.6 Å². The number of methoxy groups -OCH3 is 2. The van der Waals surface area contributed by atoms with Crippen molar-refractivity contribution in [3.05, 3.63) is 89.0 Å². The number of hydrogen-bond acceptors (Lipinski definition) is 6. The van der Waals surface area contributed by atoms with E-state index in [4.69, 9.17) is 25.7 Å². The number of para-hydroxylation sites is 1. The lowest BCUT2D eigenvalue weighted by molar-refractivity contribution is 0.0914. The maximum absolute atomic E-state index is 7.13. The van der Waals surface area contributed by atoms with E-state index in [1.807, 2.05) is 78.0 Å². The molecule has 2 atom stereocenters. The van der Waals surface area contributed by atoms with Gasteiger partial charge in [-0.1, -0.05) is 36.4 Å². The van der Waals surface area contributed by atoms with Crippen molar-refractivity contribution in [3.63, 3.8) is 0 Å². The fourth-order valence-corrected chi connectivity index (χ4v) is 3.95. The SMILES string of the molecule is COCCc1cc(Nc2ccccc2)cc(C(N)(COC(N)I)c2ccc(OC)c(C)c2)c1. The van der Waals surface area contributed by atoms with Crippen LogP contribution in [0.4, 0.5) is 11.4 Å². The maximum Gasteiger partial charge on any atom is 0.158 e. The Bertz CT molecular complexity index is 1050. The van der Waals surface area contributed by atoms with Gasteiger partial charge in [-0.25, -0.2) is 0 Å². The third-order valence-electron chi connectivity index (χ3n) is 5.55. The summed E-state index contributed by atoms with van der Waals surface area (Å²) < 4.78 is 16.2. The molecule has 0 heterocycles. The first-order chi connectivity index (χ1) is 15.9. The Morgan fingerprint density at radius 2 is 1.73 bits per heavy atom. The van der Waals surface area contributed by atoms with Gasteiger partial charge in [0.15, 0.2) is 4.23 Å². The molecule has 0 aromatic heterocycles. The maximum atomic E-state index is 7.13. The van der Waals surface area contributed by atoms with E-state index < -0.39 is 9.77 Å². The van der Waals surface area contributed by atoms with E-state index >= 15 is 0 Å². The van der Waals surface area contributed by atoms with Crippen molar-refractivity contribution in [2.24, 2.45) is 11.5 Å². The zero-order valence-corrected chi connectivity index (χ0v) is 21.5. The van der Waals surface area contributed by atoms with Crippen LogP contribution < -0.4 is 21.5 Å². The summed E-state index contributed by atoms with van der Waals surface area (Å²) in [5.74, 6) is 0.813. The number of rotatable bonds is 11. The summed E-state index contributed by atoms with van der Waals surface area (Å²) in [6.07, 6.45) is 0.762. The minimum Gasteiger partial charge on any atom is -0.496 e. The second-order valence-electron chi connectivity index (χ2n) is 7.97. The first kappa shape index (κ1) is 25.5. The summed E-state index contributed by atoms with van der Waals surface area (Å²) in [6, 6.07) is 22.4. The average molecular weight is 561 g/mol. The standard InChI is InChI=1S/C26H32IN3O3/c1-18-13-20(9-10-24(18)32-3)26(29,17-33-25(27)28)21-14-19(11-12-31-2)15-23(16-21)30-22-7-5-4-6-8-22/h4-10,13-16,25,30H,11-12,17,28-29H2,1-3H3. The first-order valence-electron chi connectivity index (χ1n) is 10.8. The lowest BCUT2D eigenvalue weighted by Crippen LogP contribution is -2.44. The van der Waals surface area contributed by atoms with E-state index in [2.05, 4.69) is 23.5 Å². The largest absolute Gasteiger partial charge is 0.496 e. The molecule has 0 fully saturated rings. The topological polar surface area (TPSA) is 91.8 Å². The highest BCUT2D eigenvalue weighted by molar-refractivity contribution is 14.1. The second kappa shape index (κ2) is 11.8. The third-order valence-corrected chi connectivity index (χ3v) is 5.91. The van der Waals surface area contributed by atoms with Crippen molar-refractivity contribution in [2.75, 3.05) is 32.8 Å². The summed E-state index contributed by atoms with van der Waals surface area (Å²) >= 11 is 2.04. The van der Waals surface area contributed by atoms with Crippen LogP contribution in [0.25, 0.3) is 0 Å². The number of anilines is 2. The van der Waals surface area contributed by atoms with Crippen LogP contribution in [-0.4, -0.2) is 31.7 Å². The van der Waals surface area contributed by atoms with Gasteiger partial charge in [0.05, 0.1) is 25.9 Å². The molecular weight excluding hydrogens is 529 g/mol. The number of benzene rings is 3. The van der Waals surface area contributed by atoms with E-state index in [0.29, 0.717) is 6.61 Å². The monoisotopic (exact) mass is 561 g/mol.